The molecule has 0 saturated carbocycles. The van der Waals surface area contributed by atoms with Crippen LogP contribution in [0.5, 0.6) is 0 Å². The van der Waals surface area contributed by atoms with Crippen molar-refractivity contribution in [2.75, 3.05) is 19.7 Å². The summed E-state index contributed by atoms with van der Waals surface area (Å²) in [5.74, 6) is -1.87. The Labute approximate surface area is 202 Å². The lowest BCUT2D eigenvalue weighted by molar-refractivity contribution is -0.905. The highest BCUT2D eigenvalue weighted by Gasteiger charge is 2.44. The number of nitrogens with zero attached hydrogens (tertiary/aromatic N) is 4. The second-order valence-electron chi connectivity index (χ2n) is 8.86. The Morgan fingerprint density at radius 3 is 2.74 bits per heavy atom. The van der Waals surface area contributed by atoms with Crippen molar-refractivity contribution in [1.82, 2.24) is 9.88 Å². The van der Waals surface area contributed by atoms with Crippen LogP contribution in [0.4, 0.5) is 8.78 Å². The van der Waals surface area contributed by atoms with Crippen molar-refractivity contribution >= 4 is 5.71 Å². The smallest absolute Gasteiger partial charge is 0.228 e. The van der Waals surface area contributed by atoms with Gasteiger partial charge in [-0.1, -0.05) is 11.2 Å². The second kappa shape index (κ2) is 9.67. The number of oxime groups is 1. The van der Waals surface area contributed by atoms with Crippen molar-refractivity contribution < 1.29 is 28.3 Å². The fourth-order valence-corrected chi connectivity index (χ4v) is 4.77. The van der Waals surface area contributed by atoms with E-state index >= 15 is 0 Å². The summed E-state index contributed by atoms with van der Waals surface area (Å²) < 4.78 is 34.5. The molecule has 1 saturated heterocycles. The molecule has 0 radical (unpaired) electrons. The zero-order valence-electron chi connectivity index (χ0n) is 19.5. The topological polar surface area (TPSA) is 71.1 Å². The molecule has 35 heavy (non-hydrogen) atoms. The number of fused-ring (bicyclic) bond motifs is 2. The van der Waals surface area contributed by atoms with Gasteiger partial charge in [0.15, 0.2) is 11.6 Å². The number of aromatic nitrogens is 2. The third kappa shape index (κ3) is 4.74. The first-order valence-corrected chi connectivity index (χ1v) is 11.7. The predicted molar refractivity (Wildman–Crippen MR) is 123 cm³/mol. The fraction of sp³-hybridized carbons (Fsp3) is 0.346. The average molecular weight is 482 g/mol. The molecule has 1 aromatic carbocycles. The number of likely N-dealkylation sites (tertiary alicyclic amines) is 1. The van der Waals surface area contributed by atoms with Crippen molar-refractivity contribution in [3.8, 4) is 0 Å². The minimum atomic E-state index is -0.950. The highest BCUT2D eigenvalue weighted by Crippen LogP contribution is 2.43. The van der Waals surface area contributed by atoms with Crippen LogP contribution in [0.1, 0.15) is 47.7 Å². The highest BCUT2D eigenvalue weighted by atomic mass is 19.2. The van der Waals surface area contributed by atoms with Gasteiger partial charge in [0.25, 0.3) is 0 Å². The maximum Gasteiger partial charge on any atom is 0.228 e. The Morgan fingerprint density at radius 2 is 2.03 bits per heavy atom. The zero-order chi connectivity index (χ0) is 24.4. The molecule has 4 heterocycles. The largest absolute Gasteiger partial charge is 0.396 e. The average Bonchev–Trinajstić information content (AvgIpc) is 3.21. The number of piperidine rings is 1. The lowest BCUT2D eigenvalue weighted by Gasteiger charge is -2.38. The first kappa shape index (κ1) is 23.3. The van der Waals surface area contributed by atoms with E-state index in [4.69, 9.17) is 9.57 Å². The second-order valence-corrected chi connectivity index (χ2v) is 8.86. The van der Waals surface area contributed by atoms with Crippen LogP contribution in [0.25, 0.3) is 0 Å². The zero-order valence-corrected chi connectivity index (χ0v) is 19.5. The van der Waals surface area contributed by atoms with Crippen LogP contribution in [-0.4, -0.2) is 40.5 Å². The van der Waals surface area contributed by atoms with E-state index < -0.39 is 11.6 Å². The molecule has 0 aliphatic carbocycles. The first-order valence-electron chi connectivity index (χ1n) is 11.7. The van der Waals surface area contributed by atoms with Gasteiger partial charge in [0.1, 0.15) is 17.9 Å². The standard InChI is InChI=1S/C26H27F2N4O3/c1-2-35-30-25(19-4-5-22(27)23(28)13-19)24-6-3-18(14-29-24)15-31-11-8-26(9-12-31)21-16-32(33)10-7-20(21)17-34-26/h3-7,10,13-14,16,33H,2,8-9,11-12,15,17H2,1H3/q+1/b30-25+. The molecule has 1 fully saturated rings. The van der Waals surface area contributed by atoms with Gasteiger partial charge in [-0.2, -0.15) is 0 Å². The quantitative estimate of drug-likeness (QED) is 0.252. The summed E-state index contributed by atoms with van der Waals surface area (Å²) in [7, 11) is 0. The molecule has 2 aromatic heterocycles. The van der Waals surface area contributed by atoms with Crippen molar-refractivity contribution in [2.24, 2.45) is 5.16 Å². The minimum Gasteiger partial charge on any atom is -0.396 e. The number of hydrogen-bond donors (Lipinski definition) is 1. The predicted octanol–water partition coefficient (Wildman–Crippen LogP) is 3.70. The molecule has 3 aromatic rings. The van der Waals surface area contributed by atoms with Crippen molar-refractivity contribution in [3.63, 3.8) is 0 Å². The van der Waals surface area contributed by atoms with Gasteiger partial charge in [0.2, 0.25) is 12.4 Å². The summed E-state index contributed by atoms with van der Waals surface area (Å²) in [5, 5.41) is 13.9. The van der Waals surface area contributed by atoms with Crippen LogP contribution in [0, 0.1) is 11.6 Å². The Kier molecular flexibility index (Phi) is 6.44. The molecule has 0 amide bonds. The SMILES string of the molecule is CCO/N=C(\c1ccc(F)c(F)c1)c1ccc(CN2CCC3(CC2)OCc2cc[n+](O)cc23)cn1. The fourth-order valence-electron chi connectivity index (χ4n) is 4.77. The number of benzene rings is 1. The molecular weight excluding hydrogens is 454 g/mol. The Bertz CT molecular complexity index is 1240. The summed E-state index contributed by atoms with van der Waals surface area (Å²) in [5.41, 5.74) is 4.15. The lowest BCUT2D eigenvalue weighted by Crippen LogP contribution is -2.43. The molecule has 0 atom stereocenters. The van der Waals surface area contributed by atoms with Crippen molar-refractivity contribution in [2.45, 2.75) is 38.5 Å². The van der Waals surface area contributed by atoms with E-state index in [0.29, 0.717) is 30.2 Å². The Balaban J connectivity index is 1.27. The molecule has 2 aliphatic heterocycles. The summed E-state index contributed by atoms with van der Waals surface area (Å²) >= 11 is 0. The van der Waals surface area contributed by atoms with E-state index in [2.05, 4.69) is 15.0 Å². The van der Waals surface area contributed by atoms with Crippen molar-refractivity contribution in [1.29, 1.82) is 0 Å². The third-order valence-electron chi connectivity index (χ3n) is 6.65. The van der Waals surface area contributed by atoms with Gasteiger partial charge in [-0.3, -0.25) is 15.1 Å². The number of ether oxygens (including phenoxy) is 1. The maximum atomic E-state index is 13.8. The number of rotatable bonds is 6. The number of hydrogen-bond acceptors (Lipinski definition) is 6. The maximum absolute atomic E-state index is 13.8. The van der Waals surface area contributed by atoms with Gasteiger partial charge in [-0.15, -0.1) is 0 Å². The molecule has 1 N–H and O–H groups in total. The van der Waals surface area contributed by atoms with E-state index in [1.807, 2.05) is 18.2 Å². The molecule has 0 unspecified atom stereocenters. The van der Waals surface area contributed by atoms with Crippen LogP contribution < -0.4 is 4.73 Å². The van der Waals surface area contributed by atoms with E-state index in [0.717, 1.165) is 66.0 Å². The summed E-state index contributed by atoms with van der Waals surface area (Å²) in [4.78, 5) is 12.1. The molecule has 1 spiro atoms. The van der Waals surface area contributed by atoms with Crippen LogP contribution in [0.3, 0.4) is 0 Å². The number of halogens is 2. The molecule has 2 aliphatic rings. The third-order valence-corrected chi connectivity index (χ3v) is 6.65. The van der Waals surface area contributed by atoms with E-state index in [1.54, 1.807) is 25.5 Å². The van der Waals surface area contributed by atoms with Gasteiger partial charge < -0.3 is 9.57 Å². The Hall–Kier alpha value is -3.43. The normalized spacial score (nSPS) is 17.5. The van der Waals surface area contributed by atoms with E-state index in [9.17, 15) is 14.0 Å². The molecule has 9 heteroatoms. The molecule has 7 nitrogen and oxygen atoms in total. The Morgan fingerprint density at radius 1 is 1.20 bits per heavy atom. The van der Waals surface area contributed by atoms with Crippen LogP contribution in [-0.2, 0) is 28.3 Å². The minimum absolute atomic E-state index is 0.339. The van der Waals surface area contributed by atoms with Crippen LogP contribution in [0.15, 0.2) is 60.1 Å². The molecule has 5 rings (SSSR count). The van der Waals surface area contributed by atoms with Crippen LogP contribution >= 0.6 is 0 Å². The molecular formula is C26H27F2N4O3+. The first-order chi connectivity index (χ1) is 17.0. The molecule has 182 valence electrons. The van der Waals surface area contributed by atoms with Gasteiger partial charge in [0.05, 0.1) is 17.9 Å². The summed E-state index contributed by atoms with van der Waals surface area (Å²) in [6, 6.07) is 9.30. The summed E-state index contributed by atoms with van der Waals surface area (Å²) in [6.45, 7) is 5.15. The van der Waals surface area contributed by atoms with E-state index in [-0.39, 0.29) is 5.60 Å². The monoisotopic (exact) mass is 481 g/mol. The lowest BCUT2D eigenvalue weighted by atomic mass is 9.84. The van der Waals surface area contributed by atoms with Gasteiger partial charge in [-0.05, 0) is 55.2 Å². The summed E-state index contributed by atoms with van der Waals surface area (Å²) in [6.07, 6.45) is 6.85. The van der Waals surface area contributed by atoms with Crippen molar-refractivity contribution in [3.05, 3.63) is 94.6 Å². The van der Waals surface area contributed by atoms with Gasteiger partial charge >= 0.3 is 0 Å². The van der Waals surface area contributed by atoms with Crippen LogP contribution in [0.2, 0.25) is 0 Å². The van der Waals surface area contributed by atoms with Gasteiger partial charge in [0, 0.05) is 42.2 Å². The number of pyridine rings is 2. The van der Waals surface area contributed by atoms with E-state index in [1.165, 1.54) is 6.07 Å². The highest BCUT2D eigenvalue weighted by molar-refractivity contribution is 6.11. The molecule has 0 bridgehead atoms. The van der Waals surface area contributed by atoms with Gasteiger partial charge in [-0.25, -0.2) is 8.78 Å².